The van der Waals surface area contributed by atoms with Crippen LogP contribution in [0.4, 0.5) is 0 Å². The predicted octanol–water partition coefficient (Wildman–Crippen LogP) is 23.0. The van der Waals surface area contributed by atoms with Gasteiger partial charge in [0.1, 0.15) is 19.3 Å². The first-order chi connectivity index (χ1) is 46.7. The summed E-state index contributed by atoms with van der Waals surface area (Å²) >= 11 is 0. The van der Waals surface area contributed by atoms with Crippen molar-refractivity contribution in [2.24, 2.45) is 17.8 Å². The van der Waals surface area contributed by atoms with Gasteiger partial charge in [-0.15, -0.1) is 0 Å². The normalized spacial score (nSPS) is 14.0. The molecule has 0 spiro atoms. The molecule has 3 N–H and O–H groups in total. The average molecular weight is 1420 g/mol. The van der Waals surface area contributed by atoms with E-state index >= 15 is 0 Å². The Hall–Kier alpha value is -1.94. The second kappa shape index (κ2) is 68.5. The van der Waals surface area contributed by atoms with Gasteiger partial charge in [0.2, 0.25) is 0 Å². The van der Waals surface area contributed by atoms with Crippen LogP contribution in [0.25, 0.3) is 0 Å². The summed E-state index contributed by atoms with van der Waals surface area (Å²) in [5, 5.41) is 10.6. The molecule has 0 amide bonds. The zero-order valence-corrected chi connectivity index (χ0v) is 65.3. The predicted molar refractivity (Wildman–Crippen MR) is 395 cm³/mol. The highest BCUT2D eigenvalue weighted by atomic mass is 31.2. The smallest absolute Gasteiger partial charge is 0.462 e. The van der Waals surface area contributed by atoms with E-state index in [4.69, 9.17) is 37.0 Å². The van der Waals surface area contributed by atoms with Gasteiger partial charge in [-0.1, -0.05) is 350 Å². The molecule has 0 aromatic heterocycles. The largest absolute Gasteiger partial charge is 0.472 e. The van der Waals surface area contributed by atoms with Gasteiger partial charge in [0.05, 0.1) is 26.4 Å². The number of rotatable bonds is 76. The molecule has 0 fully saturated rings. The molecule has 0 saturated heterocycles. The van der Waals surface area contributed by atoms with E-state index in [0.29, 0.717) is 25.7 Å². The number of esters is 4. The van der Waals surface area contributed by atoms with Gasteiger partial charge in [0.25, 0.3) is 0 Å². The SMILES string of the molecule is CCCCCCCCCCCCCCCC(=O)OC[C@H](COP(=O)(O)OC[C@H](O)COP(=O)(O)OC[C@@H](COC(=O)CCCCCCCCCCCCC(C)C)OC(=O)CCCCCCCCCCCCCCCCCC(C)C)OC(=O)CCCCCCCCCCCCC(C)C. The van der Waals surface area contributed by atoms with E-state index in [9.17, 15) is 43.2 Å². The lowest BCUT2D eigenvalue weighted by Crippen LogP contribution is -2.30. The third-order valence-electron chi connectivity index (χ3n) is 18.1. The van der Waals surface area contributed by atoms with Crippen LogP contribution in [-0.2, 0) is 65.4 Å². The first kappa shape index (κ1) is 95.1. The maximum atomic E-state index is 13.1. The van der Waals surface area contributed by atoms with Crippen molar-refractivity contribution in [3.8, 4) is 0 Å². The van der Waals surface area contributed by atoms with E-state index in [1.165, 1.54) is 212 Å². The maximum absolute atomic E-state index is 13.1. The topological polar surface area (TPSA) is 237 Å². The van der Waals surface area contributed by atoms with Gasteiger partial charge in [0.15, 0.2) is 12.2 Å². The van der Waals surface area contributed by atoms with Crippen molar-refractivity contribution in [2.45, 2.75) is 420 Å². The molecule has 0 aliphatic heterocycles. The molecule has 0 saturated carbocycles. The van der Waals surface area contributed by atoms with Crippen molar-refractivity contribution in [2.75, 3.05) is 39.6 Å². The quantitative estimate of drug-likeness (QED) is 0.0222. The minimum atomic E-state index is -4.96. The molecule has 0 heterocycles. The molecule has 0 radical (unpaired) electrons. The molecule has 576 valence electrons. The van der Waals surface area contributed by atoms with Crippen molar-refractivity contribution in [3.63, 3.8) is 0 Å². The number of carbonyl (C=O) groups excluding carboxylic acids is 4. The van der Waals surface area contributed by atoms with Crippen LogP contribution in [0, 0.1) is 17.8 Å². The molecule has 2 unspecified atom stereocenters. The number of unbranched alkanes of at least 4 members (excludes halogenated alkanes) is 44. The zero-order chi connectivity index (χ0) is 71.6. The summed E-state index contributed by atoms with van der Waals surface area (Å²) in [6.45, 7) is 11.9. The summed E-state index contributed by atoms with van der Waals surface area (Å²) in [5.74, 6) is 0.200. The Labute approximate surface area is 594 Å². The van der Waals surface area contributed by atoms with E-state index in [1.807, 2.05) is 0 Å². The Morgan fingerprint density at radius 2 is 0.474 bits per heavy atom. The van der Waals surface area contributed by atoms with Crippen LogP contribution < -0.4 is 0 Å². The number of aliphatic hydroxyl groups excluding tert-OH is 1. The molecular weight excluding hydrogens is 1270 g/mol. The summed E-state index contributed by atoms with van der Waals surface area (Å²) in [6, 6.07) is 0. The fraction of sp³-hybridized carbons (Fsp3) is 0.949. The average Bonchev–Trinajstić information content (AvgIpc) is 1.23. The highest BCUT2D eigenvalue weighted by Crippen LogP contribution is 2.45. The molecule has 0 aromatic carbocycles. The van der Waals surface area contributed by atoms with E-state index in [2.05, 4.69) is 48.5 Å². The fourth-order valence-corrected chi connectivity index (χ4v) is 13.5. The highest BCUT2D eigenvalue weighted by Gasteiger charge is 2.30. The van der Waals surface area contributed by atoms with Crippen molar-refractivity contribution in [1.29, 1.82) is 0 Å². The minimum absolute atomic E-state index is 0.106. The second-order valence-corrected chi connectivity index (χ2v) is 32.4. The molecule has 0 aliphatic carbocycles. The molecule has 97 heavy (non-hydrogen) atoms. The Morgan fingerprint density at radius 1 is 0.278 bits per heavy atom. The van der Waals surface area contributed by atoms with Gasteiger partial charge in [-0.05, 0) is 43.4 Å². The maximum Gasteiger partial charge on any atom is 0.472 e. The molecule has 0 aromatic rings. The minimum Gasteiger partial charge on any atom is -0.462 e. The van der Waals surface area contributed by atoms with Gasteiger partial charge < -0.3 is 33.8 Å². The Bertz CT molecular complexity index is 1890. The molecular formula is C78H152O17P2. The van der Waals surface area contributed by atoms with Crippen LogP contribution in [0.2, 0.25) is 0 Å². The Balaban J connectivity index is 5.26. The lowest BCUT2D eigenvalue weighted by Gasteiger charge is -2.21. The van der Waals surface area contributed by atoms with Gasteiger partial charge in [-0.25, -0.2) is 9.13 Å². The van der Waals surface area contributed by atoms with E-state index in [-0.39, 0.29) is 25.7 Å². The van der Waals surface area contributed by atoms with Crippen LogP contribution in [0.5, 0.6) is 0 Å². The first-order valence-electron chi connectivity index (χ1n) is 40.3. The van der Waals surface area contributed by atoms with Crippen molar-refractivity contribution in [3.05, 3.63) is 0 Å². The number of carbonyl (C=O) groups is 4. The van der Waals surface area contributed by atoms with Crippen LogP contribution in [0.3, 0.4) is 0 Å². The summed E-state index contributed by atoms with van der Waals surface area (Å²) in [5.41, 5.74) is 0. The lowest BCUT2D eigenvalue weighted by molar-refractivity contribution is -0.161. The van der Waals surface area contributed by atoms with Gasteiger partial charge >= 0.3 is 39.5 Å². The summed E-state index contributed by atoms with van der Waals surface area (Å²) in [6.07, 6.45) is 55.4. The van der Waals surface area contributed by atoms with Gasteiger partial charge in [0, 0.05) is 25.7 Å². The lowest BCUT2D eigenvalue weighted by atomic mass is 10.0. The molecule has 5 atom stereocenters. The molecule has 0 bridgehead atoms. The van der Waals surface area contributed by atoms with Crippen LogP contribution in [0.1, 0.15) is 402 Å². The Kier molecular flexibility index (Phi) is 67.1. The summed E-state index contributed by atoms with van der Waals surface area (Å²) in [4.78, 5) is 72.9. The summed E-state index contributed by atoms with van der Waals surface area (Å²) < 4.78 is 68.6. The van der Waals surface area contributed by atoms with Crippen LogP contribution in [0.15, 0.2) is 0 Å². The van der Waals surface area contributed by atoms with Crippen molar-refractivity contribution >= 4 is 39.5 Å². The number of phosphoric ester groups is 2. The third kappa shape index (κ3) is 72.2. The highest BCUT2D eigenvalue weighted by molar-refractivity contribution is 7.47. The van der Waals surface area contributed by atoms with E-state index in [0.717, 1.165) is 108 Å². The van der Waals surface area contributed by atoms with Crippen LogP contribution in [-0.4, -0.2) is 96.7 Å². The van der Waals surface area contributed by atoms with Crippen LogP contribution >= 0.6 is 15.6 Å². The summed E-state index contributed by atoms with van der Waals surface area (Å²) in [7, 11) is -9.92. The molecule has 19 heteroatoms. The monoisotopic (exact) mass is 1420 g/mol. The van der Waals surface area contributed by atoms with Crippen molar-refractivity contribution < 1.29 is 80.2 Å². The van der Waals surface area contributed by atoms with Crippen molar-refractivity contribution in [1.82, 2.24) is 0 Å². The molecule has 17 nitrogen and oxygen atoms in total. The zero-order valence-electron chi connectivity index (χ0n) is 63.5. The molecule has 0 aliphatic rings. The fourth-order valence-electron chi connectivity index (χ4n) is 12.0. The first-order valence-corrected chi connectivity index (χ1v) is 43.3. The standard InChI is InChI=1S/C78H152O17P2/c1-8-9-10-11-12-13-14-18-22-31-38-45-52-59-75(80)88-65-74(95-78(83)62-55-48-41-34-27-25-30-37-44-51-58-71(6)7)68-93-97(86,87)91-64-72(79)63-90-96(84,85)92-67-73(66-89-76(81)60-53-46-39-32-26-24-29-36-43-50-57-70(4)5)94-77(82)61-54-47-40-33-23-20-17-15-16-19-21-28-35-42-49-56-69(2)3/h69-74,79H,8-68H2,1-7H3,(H,84,85)(H,86,87)/t72-,73-,74-/m1/s1. The number of ether oxygens (including phenoxy) is 4. The number of aliphatic hydroxyl groups is 1. The Morgan fingerprint density at radius 3 is 0.701 bits per heavy atom. The second-order valence-electron chi connectivity index (χ2n) is 29.5. The van der Waals surface area contributed by atoms with E-state index < -0.39 is 97.5 Å². The number of hydrogen-bond acceptors (Lipinski definition) is 15. The molecule has 0 rings (SSSR count). The van der Waals surface area contributed by atoms with E-state index in [1.54, 1.807) is 0 Å². The number of phosphoric acid groups is 2. The van der Waals surface area contributed by atoms with Gasteiger partial charge in [-0.2, -0.15) is 0 Å². The number of hydrogen-bond donors (Lipinski definition) is 3. The third-order valence-corrected chi connectivity index (χ3v) is 20.0. The van der Waals surface area contributed by atoms with Gasteiger partial charge in [-0.3, -0.25) is 37.3 Å².